The summed E-state index contributed by atoms with van der Waals surface area (Å²) in [6.45, 7) is 10.0. The number of aryl methyl sites for hydroxylation is 1. The third-order valence-corrected chi connectivity index (χ3v) is 3.99. The van der Waals surface area contributed by atoms with E-state index >= 15 is 0 Å². The van der Waals surface area contributed by atoms with Crippen molar-refractivity contribution in [1.82, 2.24) is 9.97 Å². The molecule has 0 aliphatic rings. The van der Waals surface area contributed by atoms with Crippen LogP contribution in [0.3, 0.4) is 0 Å². The number of benzene rings is 1. The predicted octanol–water partition coefficient (Wildman–Crippen LogP) is 1.99. The predicted molar refractivity (Wildman–Crippen MR) is 86.5 cm³/mol. The standard InChI is InChI=1S/C17H21N3O2/c1-4-20(5-2)10-11-21-17-16-15(18-12(3)19-17)13-8-6-7-9-14(13)22-16/h6-9H,4-5,10-11H2,1-3H3/p+1. The first-order valence-corrected chi connectivity index (χ1v) is 7.85. The van der Waals surface area contributed by atoms with Crippen LogP contribution in [0.4, 0.5) is 0 Å². The minimum atomic E-state index is 0.547. The van der Waals surface area contributed by atoms with Gasteiger partial charge in [0.15, 0.2) is 0 Å². The molecule has 0 radical (unpaired) electrons. The molecular weight excluding hydrogens is 278 g/mol. The molecule has 2 heterocycles. The van der Waals surface area contributed by atoms with Crippen LogP contribution < -0.4 is 9.64 Å². The van der Waals surface area contributed by atoms with E-state index in [9.17, 15) is 0 Å². The summed E-state index contributed by atoms with van der Waals surface area (Å²) < 4.78 is 11.8. The summed E-state index contributed by atoms with van der Waals surface area (Å²) in [4.78, 5) is 10.4. The van der Waals surface area contributed by atoms with Crippen LogP contribution in [-0.4, -0.2) is 36.2 Å². The highest BCUT2D eigenvalue weighted by atomic mass is 16.5. The van der Waals surface area contributed by atoms with Crippen LogP contribution >= 0.6 is 0 Å². The van der Waals surface area contributed by atoms with E-state index in [0.717, 1.165) is 36.1 Å². The summed E-state index contributed by atoms with van der Waals surface area (Å²) in [5.74, 6) is 1.24. The fourth-order valence-corrected chi connectivity index (χ4v) is 2.67. The molecule has 3 aromatic rings. The zero-order chi connectivity index (χ0) is 15.5. The average molecular weight is 300 g/mol. The lowest BCUT2D eigenvalue weighted by Crippen LogP contribution is -3.12. The number of hydrogen-bond donors (Lipinski definition) is 1. The number of nitrogens with zero attached hydrogens (tertiary/aromatic N) is 2. The number of likely N-dealkylation sites (N-methyl/N-ethyl adjacent to an activating group) is 1. The second kappa shape index (κ2) is 6.32. The second-order valence-corrected chi connectivity index (χ2v) is 5.41. The Bertz CT molecular complexity index is 778. The van der Waals surface area contributed by atoms with Crippen molar-refractivity contribution in [3.05, 3.63) is 30.1 Å². The molecule has 0 amide bonds. The Kier molecular flexibility index (Phi) is 4.24. The molecule has 3 rings (SSSR count). The smallest absolute Gasteiger partial charge is 0.262 e. The summed E-state index contributed by atoms with van der Waals surface area (Å²) in [6.07, 6.45) is 0. The van der Waals surface area contributed by atoms with E-state index in [1.807, 2.05) is 31.2 Å². The maximum Gasteiger partial charge on any atom is 0.262 e. The third kappa shape index (κ3) is 2.76. The molecule has 1 aromatic carbocycles. The fourth-order valence-electron chi connectivity index (χ4n) is 2.67. The van der Waals surface area contributed by atoms with Crippen molar-refractivity contribution < 1.29 is 14.1 Å². The Balaban J connectivity index is 1.92. The Hall–Kier alpha value is -2.14. The lowest BCUT2D eigenvalue weighted by molar-refractivity contribution is -0.896. The number of rotatable bonds is 6. The number of hydrogen-bond acceptors (Lipinski definition) is 4. The van der Waals surface area contributed by atoms with E-state index < -0.39 is 0 Å². The summed E-state index contributed by atoms with van der Waals surface area (Å²) in [5, 5.41) is 1.00. The van der Waals surface area contributed by atoms with Gasteiger partial charge in [-0.25, -0.2) is 4.98 Å². The number of aromatic nitrogens is 2. The van der Waals surface area contributed by atoms with Crippen LogP contribution in [0.25, 0.3) is 22.1 Å². The molecule has 0 bridgehead atoms. The van der Waals surface area contributed by atoms with Gasteiger partial charge < -0.3 is 14.1 Å². The number of fused-ring (bicyclic) bond motifs is 3. The molecule has 5 heteroatoms. The first-order valence-electron chi connectivity index (χ1n) is 7.85. The van der Waals surface area contributed by atoms with E-state index in [1.54, 1.807) is 0 Å². The zero-order valence-corrected chi connectivity index (χ0v) is 13.3. The van der Waals surface area contributed by atoms with Gasteiger partial charge in [0.05, 0.1) is 13.1 Å². The molecule has 0 fully saturated rings. The SMILES string of the molecule is CC[NH+](CC)CCOc1nc(C)nc2c1oc1ccccc12. The normalized spacial score (nSPS) is 11.6. The van der Waals surface area contributed by atoms with Gasteiger partial charge in [-0.3, -0.25) is 0 Å². The minimum Gasteiger partial charge on any atom is -0.469 e. The molecule has 0 saturated carbocycles. The molecule has 0 spiro atoms. The zero-order valence-electron chi connectivity index (χ0n) is 13.3. The van der Waals surface area contributed by atoms with Gasteiger partial charge in [0.1, 0.15) is 30.1 Å². The van der Waals surface area contributed by atoms with Crippen LogP contribution in [0.2, 0.25) is 0 Å². The maximum atomic E-state index is 5.90. The molecular formula is C17H22N3O2+. The Morgan fingerprint density at radius 1 is 1.14 bits per heavy atom. The van der Waals surface area contributed by atoms with E-state index in [1.165, 1.54) is 4.90 Å². The summed E-state index contributed by atoms with van der Waals surface area (Å²) in [6, 6.07) is 7.89. The van der Waals surface area contributed by atoms with Crippen molar-refractivity contribution in [2.24, 2.45) is 0 Å². The molecule has 0 atom stereocenters. The van der Waals surface area contributed by atoms with Crippen LogP contribution in [0, 0.1) is 6.92 Å². The molecule has 116 valence electrons. The van der Waals surface area contributed by atoms with Crippen LogP contribution in [0.15, 0.2) is 28.7 Å². The number of nitrogens with one attached hydrogen (secondary N) is 1. The van der Waals surface area contributed by atoms with Crippen molar-refractivity contribution in [3.63, 3.8) is 0 Å². The van der Waals surface area contributed by atoms with Gasteiger partial charge in [-0.05, 0) is 32.9 Å². The average Bonchev–Trinajstić information content (AvgIpc) is 2.90. The Morgan fingerprint density at radius 2 is 1.91 bits per heavy atom. The van der Waals surface area contributed by atoms with Gasteiger partial charge >= 0.3 is 0 Å². The first kappa shape index (κ1) is 14.8. The number of ether oxygens (including phenoxy) is 1. The molecule has 1 N–H and O–H groups in total. The van der Waals surface area contributed by atoms with Crippen LogP contribution in [-0.2, 0) is 0 Å². The number of quaternary nitrogens is 1. The monoisotopic (exact) mass is 300 g/mol. The lowest BCUT2D eigenvalue weighted by Gasteiger charge is -2.15. The molecule has 22 heavy (non-hydrogen) atoms. The summed E-state index contributed by atoms with van der Waals surface area (Å²) in [7, 11) is 0. The van der Waals surface area contributed by atoms with Crippen LogP contribution in [0.5, 0.6) is 5.88 Å². The van der Waals surface area contributed by atoms with Crippen molar-refractivity contribution in [2.45, 2.75) is 20.8 Å². The van der Waals surface area contributed by atoms with Crippen molar-refractivity contribution >= 4 is 22.1 Å². The van der Waals surface area contributed by atoms with Gasteiger partial charge in [0, 0.05) is 5.39 Å². The van der Waals surface area contributed by atoms with Crippen molar-refractivity contribution in [3.8, 4) is 5.88 Å². The third-order valence-electron chi connectivity index (χ3n) is 3.99. The van der Waals surface area contributed by atoms with Gasteiger partial charge in [0.25, 0.3) is 5.88 Å². The quantitative estimate of drug-likeness (QED) is 0.756. The van der Waals surface area contributed by atoms with Gasteiger partial charge in [0.2, 0.25) is 5.58 Å². The minimum absolute atomic E-state index is 0.547. The first-order chi connectivity index (χ1) is 10.7. The largest absolute Gasteiger partial charge is 0.469 e. The summed E-state index contributed by atoms with van der Waals surface area (Å²) >= 11 is 0. The summed E-state index contributed by atoms with van der Waals surface area (Å²) in [5.41, 5.74) is 2.28. The highest BCUT2D eigenvalue weighted by Crippen LogP contribution is 2.31. The van der Waals surface area contributed by atoms with Crippen LogP contribution in [0.1, 0.15) is 19.7 Å². The van der Waals surface area contributed by atoms with Gasteiger partial charge in [-0.15, -0.1) is 0 Å². The molecule has 0 aliphatic heterocycles. The highest BCUT2D eigenvalue weighted by molar-refractivity contribution is 6.03. The Morgan fingerprint density at radius 3 is 2.68 bits per heavy atom. The molecule has 0 saturated heterocycles. The van der Waals surface area contributed by atoms with E-state index in [2.05, 4.69) is 23.8 Å². The van der Waals surface area contributed by atoms with Crippen molar-refractivity contribution in [2.75, 3.05) is 26.2 Å². The lowest BCUT2D eigenvalue weighted by atomic mass is 10.2. The highest BCUT2D eigenvalue weighted by Gasteiger charge is 2.16. The maximum absolute atomic E-state index is 5.90. The van der Waals surface area contributed by atoms with E-state index in [4.69, 9.17) is 9.15 Å². The number of furan rings is 1. The second-order valence-electron chi connectivity index (χ2n) is 5.41. The fraction of sp³-hybridized carbons (Fsp3) is 0.412. The Labute approximate surface area is 129 Å². The van der Waals surface area contributed by atoms with E-state index in [0.29, 0.717) is 23.9 Å². The van der Waals surface area contributed by atoms with Crippen molar-refractivity contribution in [1.29, 1.82) is 0 Å². The molecule has 5 nitrogen and oxygen atoms in total. The van der Waals surface area contributed by atoms with Gasteiger partial charge in [-0.1, -0.05) is 12.1 Å². The molecule has 0 unspecified atom stereocenters. The van der Waals surface area contributed by atoms with Gasteiger partial charge in [-0.2, -0.15) is 4.98 Å². The topological polar surface area (TPSA) is 52.6 Å². The molecule has 2 aromatic heterocycles. The van der Waals surface area contributed by atoms with E-state index in [-0.39, 0.29) is 0 Å². The molecule has 0 aliphatic carbocycles. The number of para-hydroxylation sites is 1.